The van der Waals surface area contributed by atoms with Crippen molar-refractivity contribution >= 4 is 28.7 Å². The first-order valence-corrected chi connectivity index (χ1v) is 11.1. The molecule has 34 heavy (non-hydrogen) atoms. The third-order valence-corrected chi connectivity index (χ3v) is 5.32. The van der Waals surface area contributed by atoms with E-state index in [1.807, 2.05) is 39.0 Å². The van der Waals surface area contributed by atoms with Crippen molar-refractivity contribution in [1.29, 1.82) is 0 Å². The molecule has 1 aliphatic heterocycles. The van der Waals surface area contributed by atoms with Crippen LogP contribution in [0.3, 0.4) is 0 Å². The zero-order valence-electron chi connectivity index (χ0n) is 19.6. The van der Waals surface area contributed by atoms with E-state index >= 15 is 0 Å². The van der Waals surface area contributed by atoms with Crippen LogP contribution in [0.15, 0.2) is 59.7 Å². The minimum Gasteiger partial charge on any atom is -0.478 e. The van der Waals surface area contributed by atoms with Crippen LogP contribution in [0.2, 0.25) is 0 Å². The van der Waals surface area contributed by atoms with Gasteiger partial charge in [-0.3, -0.25) is 9.36 Å². The smallest absolute Gasteiger partial charge is 0.410 e. The predicted molar refractivity (Wildman–Crippen MR) is 130 cm³/mol. The monoisotopic (exact) mass is 466 g/mol. The Morgan fingerprint density at radius 2 is 1.79 bits per heavy atom. The third kappa shape index (κ3) is 6.12. The second-order valence-corrected chi connectivity index (χ2v) is 9.09. The molecule has 0 aliphatic carbocycles. The summed E-state index contributed by atoms with van der Waals surface area (Å²) >= 11 is 0. The van der Waals surface area contributed by atoms with E-state index in [1.165, 1.54) is 6.07 Å². The lowest BCUT2D eigenvalue weighted by atomic mass is 10.1. The third-order valence-electron chi connectivity index (χ3n) is 5.32. The van der Waals surface area contributed by atoms with E-state index in [0.29, 0.717) is 29.7 Å². The predicted octanol–water partition coefficient (Wildman–Crippen LogP) is 3.94. The number of piperidine rings is 1. The molecule has 9 nitrogen and oxygen atoms in total. The molecule has 3 aromatic rings. The van der Waals surface area contributed by atoms with E-state index in [2.05, 4.69) is 4.98 Å². The number of nitrogen functional groups attached to an aromatic ring is 1. The number of carboxylic acids is 1. The van der Waals surface area contributed by atoms with Gasteiger partial charge in [0.1, 0.15) is 5.60 Å². The van der Waals surface area contributed by atoms with Gasteiger partial charge in [-0.25, -0.2) is 14.6 Å². The van der Waals surface area contributed by atoms with Crippen molar-refractivity contribution in [2.45, 2.75) is 45.3 Å². The van der Waals surface area contributed by atoms with Crippen LogP contribution in [-0.4, -0.2) is 50.3 Å². The van der Waals surface area contributed by atoms with E-state index in [4.69, 9.17) is 15.6 Å². The largest absolute Gasteiger partial charge is 0.478 e. The second-order valence-electron chi connectivity index (χ2n) is 9.09. The zero-order chi connectivity index (χ0) is 24.9. The minimum absolute atomic E-state index is 0.0587. The molecule has 1 saturated heterocycles. The summed E-state index contributed by atoms with van der Waals surface area (Å²) in [6, 6.07) is 13.6. The molecule has 0 saturated carbocycles. The molecule has 1 aromatic heterocycles. The lowest BCUT2D eigenvalue weighted by molar-refractivity contribution is 0.0171. The number of likely N-dealkylation sites (tertiary alicyclic amines) is 1. The number of ether oxygens (including phenoxy) is 1. The van der Waals surface area contributed by atoms with Crippen LogP contribution in [0.25, 0.3) is 10.9 Å². The average Bonchev–Trinajstić information content (AvgIpc) is 2.79. The van der Waals surface area contributed by atoms with Gasteiger partial charge >= 0.3 is 12.1 Å². The minimum atomic E-state index is -0.988. The van der Waals surface area contributed by atoms with Gasteiger partial charge in [-0.2, -0.15) is 0 Å². The molecule has 1 aliphatic rings. The molecule has 1 fully saturated rings. The summed E-state index contributed by atoms with van der Waals surface area (Å²) < 4.78 is 7.10. The molecule has 0 radical (unpaired) electrons. The Bertz CT molecular complexity index is 1230. The lowest BCUT2D eigenvalue weighted by Crippen LogP contribution is -2.45. The summed E-state index contributed by atoms with van der Waals surface area (Å²) in [6.45, 7) is 6.67. The van der Waals surface area contributed by atoms with E-state index < -0.39 is 11.6 Å². The summed E-state index contributed by atoms with van der Waals surface area (Å²) in [5, 5.41) is 9.09. The Balaban J connectivity index is 0.000000271. The van der Waals surface area contributed by atoms with Crippen molar-refractivity contribution in [3.05, 3.63) is 70.8 Å². The van der Waals surface area contributed by atoms with Crippen molar-refractivity contribution in [2.75, 3.05) is 18.8 Å². The van der Waals surface area contributed by atoms with E-state index in [-0.39, 0.29) is 23.3 Å². The Kier molecular flexibility index (Phi) is 7.55. The number of nitrogens with zero attached hydrogens (tertiary/aromatic N) is 3. The number of aromatic nitrogens is 2. The van der Waals surface area contributed by atoms with Gasteiger partial charge in [0.2, 0.25) is 0 Å². The fraction of sp³-hybridized carbons (Fsp3) is 0.360. The molecule has 0 spiro atoms. The number of anilines is 1. The second kappa shape index (κ2) is 10.4. The molecule has 9 heteroatoms. The number of amides is 1. The van der Waals surface area contributed by atoms with E-state index in [0.717, 1.165) is 12.8 Å². The van der Waals surface area contributed by atoms with Crippen LogP contribution < -0.4 is 11.3 Å². The summed E-state index contributed by atoms with van der Waals surface area (Å²) in [4.78, 5) is 41.4. The molecule has 2 aromatic carbocycles. The first kappa shape index (κ1) is 24.8. The van der Waals surface area contributed by atoms with Gasteiger partial charge in [-0.1, -0.05) is 24.3 Å². The molecule has 0 unspecified atom stereocenters. The average molecular weight is 467 g/mol. The van der Waals surface area contributed by atoms with Crippen LogP contribution >= 0.6 is 0 Å². The molecule has 0 bridgehead atoms. The molecule has 4 rings (SSSR count). The van der Waals surface area contributed by atoms with E-state index in [1.54, 1.807) is 40.1 Å². The van der Waals surface area contributed by atoms with Crippen molar-refractivity contribution in [3.8, 4) is 0 Å². The van der Waals surface area contributed by atoms with Crippen LogP contribution in [0.5, 0.6) is 0 Å². The number of carbonyl (C=O) groups is 2. The number of benzene rings is 2. The Labute approximate surface area is 197 Å². The van der Waals surface area contributed by atoms with Gasteiger partial charge in [-0.15, -0.1) is 0 Å². The first-order chi connectivity index (χ1) is 16.1. The SMILES string of the molecule is CC(C)(C)OC(=O)N1CCC[C@@H](n2cnc3ccccc3c2=O)C1.Nc1ccccc1C(=O)O. The number of rotatable bonds is 2. The number of para-hydroxylation sites is 2. The maximum Gasteiger partial charge on any atom is 0.410 e. The molecular weight excluding hydrogens is 436 g/mol. The number of carbonyl (C=O) groups excluding carboxylic acids is 1. The molecule has 180 valence electrons. The number of fused-ring (bicyclic) bond motifs is 1. The summed E-state index contributed by atoms with van der Waals surface area (Å²) in [7, 11) is 0. The van der Waals surface area contributed by atoms with Gasteiger partial charge < -0.3 is 20.5 Å². The number of hydrogen-bond acceptors (Lipinski definition) is 6. The van der Waals surface area contributed by atoms with Gasteiger partial charge in [-0.05, 0) is 57.9 Å². The number of carboxylic acid groups (broad SMARTS) is 1. The molecular formula is C25H30N4O5. The maximum absolute atomic E-state index is 12.7. The first-order valence-electron chi connectivity index (χ1n) is 11.1. The molecule has 1 amide bonds. The Hall–Kier alpha value is -3.88. The van der Waals surface area contributed by atoms with Gasteiger partial charge in [0.05, 0.1) is 28.8 Å². The highest BCUT2D eigenvalue weighted by atomic mass is 16.6. The summed E-state index contributed by atoms with van der Waals surface area (Å²) in [6.07, 6.45) is 2.95. The quantitative estimate of drug-likeness (QED) is 0.548. The zero-order valence-corrected chi connectivity index (χ0v) is 19.6. The fourth-order valence-electron chi connectivity index (χ4n) is 3.71. The van der Waals surface area contributed by atoms with Gasteiger partial charge in [0.15, 0.2) is 0 Å². The van der Waals surface area contributed by atoms with Crippen molar-refractivity contribution in [3.63, 3.8) is 0 Å². The number of nitrogens with two attached hydrogens (primary N) is 1. The van der Waals surface area contributed by atoms with Crippen LogP contribution in [-0.2, 0) is 4.74 Å². The molecule has 2 heterocycles. The summed E-state index contributed by atoms with van der Waals surface area (Å²) in [5.74, 6) is -0.988. The maximum atomic E-state index is 12.7. The highest BCUT2D eigenvalue weighted by molar-refractivity contribution is 5.93. The van der Waals surface area contributed by atoms with E-state index in [9.17, 15) is 14.4 Å². The molecule has 1 atom stereocenters. The van der Waals surface area contributed by atoms with Crippen LogP contribution in [0.1, 0.15) is 50.0 Å². The van der Waals surface area contributed by atoms with Gasteiger partial charge in [0.25, 0.3) is 5.56 Å². The Morgan fingerprint density at radius 1 is 1.12 bits per heavy atom. The van der Waals surface area contributed by atoms with Crippen LogP contribution in [0, 0.1) is 0 Å². The Morgan fingerprint density at radius 3 is 2.44 bits per heavy atom. The number of hydrogen-bond donors (Lipinski definition) is 2. The highest BCUT2D eigenvalue weighted by Gasteiger charge is 2.29. The van der Waals surface area contributed by atoms with Crippen molar-refractivity contribution < 1.29 is 19.4 Å². The highest BCUT2D eigenvalue weighted by Crippen LogP contribution is 2.22. The molecule has 3 N–H and O–H groups in total. The van der Waals surface area contributed by atoms with Gasteiger partial charge in [0, 0.05) is 18.8 Å². The standard InChI is InChI=1S/C18H23N3O3.C7H7NO2/c1-18(2,3)24-17(23)20-10-6-7-13(11-20)21-12-19-15-9-5-4-8-14(15)16(21)22;8-6-4-2-1-3-5(6)7(9)10/h4-5,8-9,12-13H,6-7,10-11H2,1-3H3;1-4H,8H2,(H,9,10)/t13-;/m1./s1. The summed E-state index contributed by atoms with van der Waals surface area (Å²) in [5.41, 5.74) is 5.91. The van der Waals surface area contributed by atoms with Crippen molar-refractivity contribution in [2.24, 2.45) is 0 Å². The fourth-order valence-corrected chi connectivity index (χ4v) is 3.71. The van der Waals surface area contributed by atoms with Crippen molar-refractivity contribution in [1.82, 2.24) is 14.5 Å². The van der Waals surface area contributed by atoms with Crippen LogP contribution in [0.4, 0.5) is 10.5 Å². The lowest BCUT2D eigenvalue weighted by Gasteiger charge is -2.34. The number of aromatic carboxylic acids is 1. The topological polar surface area (TPSA) is 128 Å². The normalized spacial score (nSPS) is 15.9.